The normalized spacial score (nSPS) is 13.8. The van der Waals surface area contributed by atoms with Gasteiger partial charge in [0.2, 0.25) is 5.91 Å². The molecule has 2 N–H and O–H groups in total. The maximum Gasteiger partial charge on any atom is 0.251 e. The lowest BCUT2D eigenvalue weighted by Crippen LogP contribution is -2.33. The zero-order valence-electron chi connectivity index (χ0n) is 15.8. The predicted octanol–water partition coefficient (Wildman–Crippen LogP) is 3.16. The van der Waals surface area contributed by atoms with Crippen molar-refractivity contribution in [2.45, 2.75) is 32.2 Å². The fourth-order valence-electron chi connectivity index (χ4n) is 3.23. The Kier molecular flexibility index (Phi) is 7.25. The van der Waals surface area contributed by atoms with Gasteiger partial charge in [0.05, 0.1) is 0 Å². The van der Waals surface area contributed by atoms with E-state index in [0.717, 1.165) is 24.5 Å². The average Bonchev–Trinajstić information content (AvgIpc) is 2.73. The van der Waals surface area contributed by atoms with Crippen molar-refractivity contribution in [1.82, 2.24) is 15.6 Å². The van der Waals surface area contributed by atoms with Gasteiger partial charge < -0.3 is 15.5 Å². The second-order valence-electron chi connectivity index (χ2n) is 6.82. The molecular weight excluding hydrogens is 376 g/mol. The number of carbonyl (C=O) groups is 2. The van der Waals surface area contributed by atoms with Crippen LogP contribution >= 0.6 is 11.6 Å². The molecule has 1 aliphatic rings. The smallest absolute Gasteiger partial charge is 0.251 e. The largest absolute Gasteiger partial charge is 0.356 e. The van der Waals surface area contributed by atoms with Crippen LogP contribution in [0.2, 0.25) is 5.02 Å². The van der Waals surface area contributed by atoms with E-state index < -0.39 is 0 Å². The molecule has 28 heavy (non-hydrogen) atoms. The SMILES string of the molecule is O=C(CCNC(=O)c1ccc(Cl)cc1)NCc1cccnc1N1CCCCC1. The minimum Gasteiger partial charge on any atom is -0.356 e. The number of benzene rings is 1. The number of nitrogens with one attached hydrogen (secondary N) is 2. The maximum absolute atomic E-state index is 12.2. The lowest BCUT2D eigenvalue weighted by Gasteiger charge is -2.29. The summed E-state index contributed by atoms with van der Waals surface area (Å²) in [4.78, 5) is 31.0. The zero-order chi connectivity index (χ0) is 19.8. The van der Waals surface area contributed by atoms with Crippen LogP contribution in [0.4, 0.5) is 5.82 Å². The molecule has 0 radical (unpaired) electrons. The Hall–Kier alpha value is -2.60. The van der Waals surface area contributed by atoms with Gasteiger partial charge >= 0.3 is 0 Å². The van der Waals surface area contributed by atoms with Crippen molar-refractivity contribution < 1.29 is 9.59 Å². The van der Waals surface area contributed by atoms with Crippen molar-refractivity contribution in [3.63, 3.8) is 0 Å². The monoisotopic (exact) mass is 400 g/mol. The summed E-state index contributed by atoms with van der Waals surface area (Å²) >= 11 is 5.82. The van der Waals surface area contributed by atoms with Crippen molar-refractivity contribution >= 4 is 29.2 Å². The fraction of sp³-hybridized carbons (Fsp3) is 0.381. The van der Waals surface area contributed by atoms with Crippen molar-refractivity contribution in [2.75, 3.05) is 24.5 Å². The van der Waals surface area contributed by atoms with E-state index in [9.17, 15) is 9.59 Å². The van der Waals surface area contributed by atoms with E-state index in [4.69, 9.17) is 11.6 Å². The molecule has 148 valence electrons. The number of carbonyl (C=O) groups excluding carboxylic acids is 2. The third-order valence-corrected chi connectivity index (χ3v) is 5.00. The lowest BCUT2D eigenvalue weighted by atomic mass is 10.1. The third kappa shape index (κ3) is 5.70. The van der Waals surface area contributed by atoms with Gasteiger partial charge in [-0.25, -0.2) is 4.98 Å². The van der Waals surface area contributed by atoms with Crippen molar-refractivity contribution in [1.29, 1.82) is 0 Å². The number of aromatic nitrogens is 1. The van der Waals surface area contributed by atoms with Crippen LogP contribution in [0.1, 0.15) is 41.6 Å². The summed E-state index contributed by atoms with van der Waals surface area (Å²) in [6.45, 7) is 2.73. The van der Waals surface area contributed by atoms with Gasteiger partial charge in [0.15, 0.2) is 0 Å². The number of rotatable bonds is 7. The van der Waals surface area contributed by atoms with Gasteiger partial charge in [-0.3, -0.25) is 9.59 Å². The quantitative estimate of drug-likeness (QED) is 0.748. The summed E-state index contributed by atoms with van der Waals surface area (Å²) in [6, 6.07) is 10.5. The van der Waals surface area contributed by atoms with Crippen LogP contribution in [-0.4, -0.2) is 36.4 Å². The fourth-order valence-corrected chi connectivity index (χ4v) is 3.36. The van der Waals surface area contributed by atoms with Crippen molar-refractivity contribution in [2.24, 2.45) is 0 Å². The second-order valence-corrected chi connectivity index (χ2v) is 7.26. The average molecular weight is 401 g/mol. The molecule has 0 unspecified atom stereocenters. The molecule has 1 saturated heterocycles. The van der Waals surface area contributed by atoms with E-state index in [2.05, 4.69) is 20.5 Å². The molecule has 2 heterocycles. The van der Waals surface area contributed by atoms with Crippen molar-refractivity contribution in [3.05, 3.63) is 58.7 Å². The number of piperidine rings is 1. The summed E-state index contributed by atoms with van der Waals surface area (Å²) in [5.41, 5.74) is 1.54. The first-order valence-electron chi connectivity index (χ1n) is 9.63. The first kappa shape index (κ1) is 20.1. The molecule has 1 fully saturated rings. The van der Waals surface area contributed by atoms with Crippen LogP contribution in [0.5, 0.6) is 0 Å². The van der Waals surface area contributed by atoms with Gasteiger partial charge in [0.25, 0.3) is 5.91 Å². The Morgan fingerprint density at radius 3 is 2.54 bits per heavy atom. The molecule has 0 aliphatic carbocycles. The van der Waals surface area contributed by atoms with Gasteiger partial charge in [-0.05, 0) is 49.6 Å². The Labute approximate surface area is 170 Å². The van der Waals surface area contributed by atoms with Gasteiger partial charge in [0.1, 0.15) is 5.82 Å². The van der Waals surface area contributed by atoms with Gasteiger partial charge in [-0.2, -0.15) is 0 Å². The molecule has 0 bridgehead atoms. The number of anilines is 1. The van der Waals surface area contributed by atoms with Crippen LogP contribution in [0.3, 0.4) is 0 Å². The Balaban J connectivity index is 1.44. The van der Waals surface area contributed by atoms with Gasteiger partial charge in [-0.1, -0.05) is 17.7 Å². The molecule has 0 saturated carbocycles. The minimum atomic E-state index is -0.218. The standard InChI is InChI=1S/C21H25ClN4O2/c22-18-8-6-16(7-9-18)21(28)24-12-10-19(27)25-15-17-5-4-11-23-20(17)26-13-2-1-3-14-26/h4-9,11H,1-3,10,12-15H2,(H,24,28)(H,25,27). The van der Waals surface area contributed by atoms with E-state index in [1.54, 1.807) is 30.5 Å². The molecule has 1 aromatic heterocycles. The van der Waals surface area contributed by atoms with E-state index in [1.807, 2.05) is 12.1 Å². The maximum atomic E-state index is 12.2. The number of hydrogen-bond donors (Lipinski definition) is 2. The van der Waals surface area contributed by atoms with Crippen LogP contribution in [0, 0.1) is 0 Å². The molecule has 0 spiro atoms. The van der Waals surface area contributed by atoms with Crippen LogP contribution < -0.4 is 15.5 Å². The van der Waals surface area contributed by atoms with Gasteiger partial charge in [0, 0.05) is 54.9 Å². The summed E-state index contributed by atoms with van der Waals surface area (Å²) in [5, 5.41) is 6.25. The molecule has 1 aromatic carbocycles. The van der Waals surface area contributed by atoms with Crippen molar-refractivity contribution in [3.8, 4) is 0 Å². The highest BCUT2D eigenvalue weighted by Crippen LogP contribution is 2.21. The van der Waals surface area contributed by atoms with E-state index in [0.29, 0.717) is 17.1 Å². The molecule has 1 aliphatic heterocycles. The summed E-state index contributed by atoms with van der Waals surface area (Å²) < 4.78 is 0. The topological polar surface area (TPSA) is 74.3 Å². The van der Waals surface area contributed by atoms with E-state index in [-0.39, 0.29) is 24.8 Å². The Bertz CT molecular complexity index is 804. The first-order chi connectivity index (χ1) is 13.6. The van der Waals surface area contributed by atoms with Crippen LogP contribution in [0.15, 0.2) is 42.6 Å². The van der Waals surface area contributed by atoms with Gasteiger partial charge in [-0.15, -0.1) is 0 Å². The summed E-state index contributed by atoms with van der Waals surface area (Å²) in [5.74, 6) is 0.632. The summed E-state index contributed by atoms with van der Waals surface area (Å²) in [7, 11) is 0. The molecular formula is C21H25ClN4O2. The van der Waals surface area contributed by atoms with E-state index >= 15 is 0 Å². The number of nitrogens with zero attached hydrogens (tertiary/aromatic N) is 2. The Morgan fingerprint density at radius 2 is 1.79 bits per heavy atom. The predicted molar refractivity (Wildman–Crippen MR) is 111 cm³/mol. The lowest BCUT2D eigenvalue weighted by molar-refractivity contribution is -0.121. The minimum absolute atomic E-state index is 0.107. The molecule has 7 heteroatoms. The summed E-state index contributed by atoms with van der Waals surface area (Å²) in [6.07, 6.45) is 5.63. The third-order valence-electron chi connectivity index (χ3n) is 4.74. The Morgan fingerprint density at radius 1 is 1.04 bits per heavy atom. The second kappa shape index (κ2) is 10.1. The number of pyridine rings is 1. The number of amides is 2. The van der Waals surface area contributed by atoms with Crippen LogP contribution in [-0.2, 0) is 11.3 Å². The van der Waals surface area contributed by atoms with E-state index in [1.165, 1.54) is 19.3 Å². The molecule has 2 aromatic rings. The molecule has 2 amide bonds. The van der Waals surface area contributed by atoms with Crippen LogP contribution in [0.25, 0.3) is 0 Å². The number of halogens is 1. The molecule has 3 rings (SSSR count). The number of hydrogen-bond acceptors (Lipinski definition) is 4. The highest BCUT2D eigenvalue weighted by Gasteiger charge is 2.16. The highest BCUT2D eigenvalue weighted by molar-refractivity contribution is 6.30. The highest BCUT2D eigenvalue weighted by atomic mass is 35.5. The first-order valence-corrected chi connectivity index (χ1v) is 10.0. The zero-order valence-corrected chi connectivity index (χ0v) is 16.5. The molecule has 6 nitrogen and oxygen atoms in total. The molecule has 0 atom stereocenters.